The normalized spacial score (nSPS) is 21.9. The molecule has 2 aliphatic rings. The fourth-order valence-corrected chi connectivity index (χ4v) is 3.72. The lowest BCUT2D eigenvalue weighted by Gasteiger charge is -2.33. The third-order valence-corrected chi connectivity index (χ3v) is 4.95. The fourth-order valence-electron chi connectivity index (χ4n) is 3.72. The van der Waals surface area contributed by atoms with E-state index in [0.29, 0.717) is 23.5 Å². The summed E-state index contributed by atoms with van der Waals surface area (Å²) in [6.07, 6.45) is 0.936. The number of alkyl halides is 1. The number of aliphatic imine (C=N–C) groups is 1. The number of benzene rings is 2. The minimum Gasteiger partial charge on any atom is -0.364 e. The summed E-state index contributed by atoms with van der Waals surface area (Å²) in [5, 5.41) is 0. The smallest absolute Gasteiger partial charge is 0.275 e. The van der Waals surface area contributed by atoms with Crippen molar-refractivity contribution in [3.05, 3.63) is 54.1 Å². The maximum absolute atomic E-state index is 16.2. The summed E-state index contributed by atoms with van der Waals surface area (Å²) in [6.45, 7) is 3.19. The van der Waals surface area contributed by atoms with Crippen molar-refractivity contribution >= 4 is 28.7 Å². The maximum atomic E-state index is 16.2. The molecule has 25 heavy (non-hydrogen) atoms. The van der Waals surface area contributed by atoms with Crippen LogP contribution in [-0.2, 0) is 10.5 Å². The Hall–Kier alpha value is -2.69. The molecule has 2 aromatic rings. The van der Waals surface area contributed by atoms with Crippen LogP contribution >= 0.6 is 0 Å². The summed E-state index contributed by atoms with van der Waals surface area (Å²) in [5.74, 6) is -0.566. The first kappa shape index (κ1) is 15.8. The van der Waals surface area contributed by atoms with Crippen molar-refractivity contribution in [1.29, 1.82) is 0 Å². The molecule has 0 aliphatic carbocycles. The van der Waals surface area contributed by atoms with Crippen molar-refractivity contribution in [2.24, 2.45) is 4.99 Å². The van der Waals surface area contributed by atoms with Gasteiger partial charge in [0.15, 0.2) is 0 Å². The average molecular weight is 337 g/mol. The number of amides is 1. The van der Waals surface area contributed by atoms with E-state index in [-0.39, 0.29) is 5.71 Å². The lowest BCUT2D eigenvalue weighted by atomic mass is 9.90. The van der Waals surface area contributed by atoms with E-state index in [1.807, 2.05) is 30.3 Å². The highest BCUT2D eigenvalue weighted by Crippen LogP contribution is 2.46. The van der Waals surface area contributed by atoms with Gasteiger partial charge in [-0.25, -0.2) is 9.38 Å². The van der Waals surface area contributed by atoms with Crippen LogP contribution in [0.5, 0.6) is 0 Å². The number of halogens is 1. The summed E-state index contributed by atoms with van der Waals surface area (Å²) < 4.78 is 16.2. The summed E-state index contributed by atoms with van der Waals surface area (Å²) in [7, 11) is 1.61. The first-order valence-corrected chi connectivity index (χ1v) is 8.56. The third kappa shape index (κ3) is 2.18. The molecule has 4 nitrogen and oxygen atoms in total. The lowest BCUT2D eigenvalue weighted by molar-refractivity contribution is -0.125. The van der Waals surface area contributed by atoms with E-state index in [0.717, 1.165) is 18.7 Å². The number of fused-ring (bicyclic) bond motifs is 2. The van der Waals surface area contributed by atoms with E-state index >= 15 is 4.39 Å². The number of nitrogens with zero attached hydrogens (tertiary/aromatic N) is 3. The average Bonchev–Trinajstić information content (AvgIpc) is 2.85. The topological polar surface area (TPSA) is 35.9 Å². The quantitative estimate of drug-likeness (QED) is 0.853. The van der Waals surface area contributed by atoms with Crippen molar-refractivity contribution in [2.45, 2.75) is 19.0 Å². The van der Waals surface area contributed by atoms with Gasteiger partial charge in [0.05, 0.1) is 29.3 Å². The Morgan fingerprint density at radius 3 is 2.56 bits per heavy atom. The van der Waals surface area contributed by atoms with Crippen LogP contribution in [0.2, 0.25) is 0 Å². The molecule has 128 valence electrons. The molecule has 0 radical (unpaired) electrons. The van der Waals surface area contributed by atoms with E-state index in [1.54, 1.807) is 25.2 Å². The van der Waals surface area contributed by atoms with Crippen LogP contribution in [0, 0.1) is 0 Å². The highest BCUT2D eigenvalue weighted by Gasteiger charge is 2.55. The van der Waals surface area contributed by atoms with Gasteiger partial charge < -0.3 is 9.80 Å². The minimum atomic E-state index is -2.20. The second-order valence-electron chi connectivity index (χ2n) is 6.51. The zero-order valence-electron chi connectivity index (χ0n) is 14.4. The number of rotatable bonds is 3. The van der Waals surface area contributed by atoms with Gasteiger partial charge in [-0.3, -0.25) is 4.79 Å². The van der Waals surface area contributed by atoms with Gasteiger partial charge in [0.1, 0.15) is 0 Å². The fraction of sp³-hybridized carbons (Fsp3) is 0.300. The molecule has 0 saturated carbocycles. The standard InChI is InChI=1S/C20H20FN3O/c1-3-12-24-13-18(22-15-9-5-7-11-17(15)24)20(21)14-8-4-6-10-16(14)23(2)19(20)25/h4-11H,3,12-13H2,1-2H3. The van der Waals surface area contributed by atoms with Gasteiger partial charge in [0, 0.05) is 19.2 Å². The summed E-state index contributed by atoms with van der Waals surface area (Å²) in [4.78, 5) is 20.9. The molecule has 0 aromatic heterocycles. The van der Waals surface area contributed by atoms with Crippen LogP contribution in [0.15, 0.2) is 53.5 Å². The van der Waals surface area contributed by atoms with Crippen LogP contribution in [0.4, 0.5) is 21.5 Å². The molecule has 2 heterocycles. The van der Waals surface area contributed by atoms with Gasteiger partial charge in [-0.2, -0.15) is 0 Å². The molecule has 2 aromatic carbocycles. The molecule has 1 unspecified atom stereocenters. The van der Waals surface area contributed by atoms with Crippen molar-refractivity contribution < 1.29 is 9.18 Å². The Balaban J connectivity index is 1.87. The number of hydrogen-bond donors (Lipinski definition) is 0. The SMILES string of the molecule is CCCN1CC(C2(F)C(=O)N(C)c3ccccc32)=Nc2ccccc21. The first-order chi connectivity index (χ1) is 12.1. The Morgan fingerprint density at radius 2 is 1.80 bits per heavy atom. The predicted molar refractivity (Wildman–Crippen MR) is 98.7 cm³/mol. The van der Waals surface area contributed by atoms with Crippen molar-refractivity contribution in [3.8, 4) is 0 Å². The van der Waals surface area contributed by atoms with E-state index in [1.165, 1.54) is 4.90 Å². The lowest BCUT2D eigenvalue weighted by Crippen LogP contribution is -2.48. The van der Waals surface area contributed by atoms with Crippen molar-refractivity contribution in [3.63, 3.8) is 0 Å². The molecule has 5 heteroatoms. The molecule has 1 atom stereocenters. The Bertz CT molecular complexity index is 879. The number of hydrogen-bond acceptors (Lipinski definition) is 3. The summed E-state index contributed by atoms with van der Waals surface area (Å²) in [5.41, 5.74) is 0.764. The monoisotopic (exact) mass is 337 g/mol. The molecular formula is C20H20FN3O. The maximum Gasteiger partial charge on any atom is 0.275 e. The summed E-state index contributed by atoms with van der Waals surface area (Å²) >= 11 is 0. The molecular weight excluding hydrogens is 317 g/mol. The number of carbonyl (C=O) groups is 1. The predicted octanol–water partition coefficient (Wildman–Crippen LogP) is 3.83. The van der Waals surface area contributed by atoms with Crippen molar-refractivity contribution in [1.82, 2.24) is 0 Å². The number of para-hydroxylation sites is 3. The largest absolute Gasteiger partial charge is 0.364 e. The van der Waals surface area contributed by atoms with Gasteiger partial charge in [-0.1, -0.05) is 37.3 Å². The van der Waals surface area contributed by atoms with Crippen LogP contribution in [0.1, 0.15) is 18.9 Å². The molecule has 0 saturated heterocycles. The Kier molecular flexibility index (Phi) is 3.60. The van der Waals surface area contributed by atoms with Crippen LogP contribution in [0.3, 0.4) is 0 Å². The second-order valence-corrected chi connectivity index (χ2v) is 6.51. The third-order valence-electron chi connectivity index (χ3n) is 4.95. The molecule has 1 amide bonds. The Labute approximate surface area is 146 Å². The van der Waals surface area contributed by atoms with E-state index in [4.69, 9.17) is 0 Å². The number of likely N-dealkylation sites (N-methyl/N-ethyl adjacent to an activating group) is 1. The van der Waals surface area contributed by atoms with E-state index in [9.17, 15) is 4.79 Å². The number of anilines is 2. The first-order valence-electron chi connectivity index (χ1n) is 8.56. The Morgan fingerprint density at radius 1 is 1.12 bits per heavy atom. The van der Waals surface area contributed by atoms with E-state index < -0.39 is 11.6 Å². The summed E-state index contributed by atoms with van der Waals surface area (Å²) in [6, 6.07) is 14.7. The van der Waals surface area contributed by atoms with Gasteiger partial charge in [-0.15, -0.1) is 0 Å². The highest BCUT2D eigenvalue weighted by atomic mass is 19.1. The van der Waals surface area contributed by atoms with Gasteiger partial charge in [-0.05, 0) is 24.6 Å². The van der Waals surface area contributed by atoms with Crippen LogP contribution in [-0.4, -0.2) is 31.8 Å². The van der Waals surface area contributed by atoms with Crippen LogP contribution in [0.25, 0.3) is 0 Å². The van der Waals surface area contributed by atoms with Gasteiger partial charge in [0.25, 0.3) is 11.6 Å². The van der Waals surface area contributed by atoms with Gasteiger partial charge in [0.2, 0.25) is 0 Å². The molecule has 0 bridgehead atoms. The molecule has 0 N–H and O–H groups in total. The molecule has 0 spiro atoms. The molecule has 0 fully saturated rings. The minimum absolute atomic E-state index is 0.265. The van der Waals surface area contributed by atoms with E-state index in [2.05, 4.69) is 16.8 Å². The van der Waals surface area contributed by atoms with Gasteiger partial charge >= 0.3 is 0 Å². The highest BCUT2D eigenvalue weighted by molar-refractivity contribution is 6.24. The van der Waals surface area contributed by atoms with Crippen LogP contribution < -0.4 is 9.80 Å². The zero-order chi connectivity index (χ0) is 17.6. The number of carbonyl (C=O) groups excluding carboxylic acids is 1. The second kappa shape index (κ2) is 5.69. The van der Waals surface area contributed by atoms with Crippen molar-refractivity contribution in [2.75, 3.05) is 29.9 Å². The zero-order valence-corrected chi connectivity index (χ0v) is 14.4. The molecule has 2 aliphatic heterocycles. The molecule has 4 rings (SSSR count).